The quantitative estimate of drug-likeness (QED) is 0.0283. The molecule has 1 aromatic carbocycles. The zero-order valence-corrected chi connectivity index (χ0v) is 35.3. The molecule has 1 aliphatic carbocycles. The van der Waals surface area contributed by atoms with E-state index in [1.54, 1.807) is 12.1 Å². The van der Waals surface area contributed by atoms with Crippen LogP contribution < -0.4 is 0 Å². The smallest absolute Gasteiger partial charge is 0.294 e. The summed E-state index contributed by atoms with van der Waals surface area (Å²) in [5.41, 5.74) is 0.956. The number of ketones is 11. The summed E-state index contributed by atoms with van der Waals surface area (Å²) in [6.07, 6.45) is 26.7. The van der Waals surface area contributed by atoms with Gasteiger partial charge < -0.3 is 0 Å². The molecular weight excluding hydrogens is 801 g/mol. The van der Waals surface area contributed by atoms with E-state index in [9.17, 15) is 66.0 Å². The molecule has 0 bridgehead atoms. The van der Waals surface area contributed by atoms with Gasteiger partial charge in [0.2, 0.25) is 5.78 Å². The van der Waals surface area contributed by atoms with Crippen LogP contribution in [0.4, 0.5) is 0 Å². The van der Waals surface area contributed by atoms with Crippen LogP contribution in [0, 0.1) is 12.8 Å². The Morgan fingerprint density at radius 1 is 0.483 bits per heavy atom. The molecule has 330 valence electrons. The van der Waals surface area contributed by atoms with E-state index in [0.717, 1.165) is 37.2 Å². The number of hydrogen-bond acceptors (Lipinski definition) is 14. The summed E-state index contributed by atoms with van der Waals surface area (Å²) in [7, 11) is -4.02. The van der Waals surface area contributed by atoms with Gasteiger partial charge in [-0.1, -0.05) is 159 Å². The third-order valence-corrected chi connectivity index (χ3v) is 10.9. The third-order valence-electron chi connectivity index (χ3n) is 10.0. The van der Waals surface area contributed by atoms with Crippen molar-refractivity contribution in [3.05, 3.63) is 29.8 Å². The van der Waals surface area contributed by atoms with Gasteiger partial charge in [0.25, 0.3) is 68.0 Å². The zero-order valence-electron chi connectivity index (χ0n) is 34.5. The molecule has 0 heterocycles. The molecule has 15 nitrogen and oxygen atoms in total. The SMILES string of the molecule is Cc1ccc(S(=O)(=O)O)cc1.O=CC(=O)C(=O)C(=O)C(=O)C(=O)C(=O)C(=O)C(=O)C(=O)C(=O)C(=O)CCCCCCCCCCCCCCCCCCCCCCC1CC1. The summed E-state index contributed by atoms with van der Waals surface area (Å²) in [5, 5.41) is 0. The Hall–Kier alpha value is -4.83. The second-order valence-corrected chi connectivity index (χ2v) is 16.6. The predicted octanol–water partition coefficient (Wildman–Crippen LogP) is 5.68. The van der Waals surface area contributed by atoms with Crippen molar-refractivity contribution in [2.75, 3.05) is 0 Å². The first-order chi connectivity index (χ1) is 28.4. The van der Waals surface area contributed by atoms with E-state index >= 15 is 0 Å². The van der Waals surface area contributed by atoms with Crippen LogP contribution in [0.2, 0.25) is 0 Å². The van der Waals surface area contributed by atoms with Crippen LogP contribution in [0.15, 0.2) is 29.2 Å². The third kappa shape index (κ3) is 22.0. The molecule has 0 unspecified atom stereocenters. The first kappa shape index (κ1) is 53.2. The van der Waals surface area contributed by atoms with Gasteiger partial charge in [-0.2, -0.15) is 8.42 Å². The first-order valence-electron chi connectivity index (χ1n) is 20.9. The molecule has 16 heteroatoms. The number of hydrogen-bond donors (Lipinski definition) is 1. The monoisotopic (exact) mass is 858 g/mol. The minimum absolute atomic E-state index is 0.0666. The van der Waals surface area contributed by atoms with Gasteiger partial charge in [0.15, 0.2) is 6.29 Å². The van der Waals surface area contributed by atoms with Crippen LogP contribution >= 0.6 is 0 Å². The molecule has 0 aliphatic heterocycles. The van der Waals surface area contributed by atoms with Crippen molar-refractivity contribution in [1.82, 2.24) is 0 Å². The van der Waals surface area contributed by atoms with Crippen LogP contribution in [0.1, 0.15) is 160 Å². The Kier molecular flexibility index (Phi) is 26.1. The van der Waals surface area contributed by atoms with Crippen LogP contribution in [0.3, 0.4) is 0 Å². The fraction of sp³-hybridized carbons (Fsp3) is 0.591. The van der Waals surface area contributed by atoms with Gasteiger partial charge in [0.05, 0.1) is 4.90 Å². The second kappa shape index (κ2) is 29.4. The summed E-state index contributed by atoms with van der Waals surface area (Å²) in [6, 6.07) is 5.99. The van der Waals surface area contributed by atoms with Crippen molar-refractivity contribution in [3.8, 4) is 0 Å². The van der Waals surface area contributed by atoms with Gasteiger partial charge in [-0.25, -0.2) is 0 Å². The van der Waals surface area contributed by atoms with Crippen molar-refractivity contribution in [2.24, 2.45) is 5.92 Å². The lowest BCUT2D eigenvalue weighted by molar-refractivity contribution is -0.156. The van der Waals surface area contributed by atoms with E-state index in [4.69, 9.17) is 4.55 Å². The van der Waals surface area contributed by atoms with Crippen molar-refractivity contribution < 1.29 is 70.5 Å². The maximum atomic E-state index is 12.0. The average Bonchev–Trinajstić information content (AvgIpc) is 4.07. The van der Waals surface area contributed by atoms with E-state index in [2.05, 4.69) is 0 Å². The second-order valence-electron chi connectivity index (χ2n) is 15.2. The van der Waals surface area contributed by atoms with Crippen molar-refractivity contribution in [3.63, 3.8) is 0 Å². The minimum Gasteiger partial charge on any atom is -0.294 e. The minimum atomic E-state index is -4.02. The number of unbranched alkanes of at least 4 members (excludes halogenated alkanes) is 19. The lowest BCUT2D eigenvalue weighted by atomic mass is 9.97. The van der Waals surface area contributed by atoms with E-state index in [1.165, 1.54) is 121 Å². The fourth-order valence-corrected chi connectivity index (χ4v) is 6.62. The summed E-state index contributed by atoms with van der Waals surface area (Å²) in [6.45, 7) is 1.84. The largest absolute Gasteiger partial charge is 0.294 e. The number of aryl methyl sites for hydroxylation is 1. The Bertz CT molecular complexity index is 1820. The van der Waals surface area contributed by atoms with E-state index in [1.807, 2.05) is 6.92 Å². The van der Waals surface area contributed by atoms with Gasteiger partial charge in [0.1, 0.15) is 0 Å². The molecule has 0 radical (unpaired) electrons. The molecule has 1 N–H and O–H groups in total. The lowest BCUT2D eigenvalue weighted by Gasteiger charge is -2.04. The summed E-state index contributed by atoms with van der Waals surface area (Å²) >= 11 is 0. The van der Waals surface area contributed by atoms with E-state index in [-0.39, 0.29) is 17.7 Å². The van der Waals surface area contributed by atoms with Gasteiger partial charge >= 0.3 is 0 Å². The molecule has 1 aromatic rings. The number of rotatable bonds is 35. The number of aldehydes is 1. The maximum Gasteiger partial charge on any atom is 0.294 e. The standard InChI is InChI=1S/C37H50O12.C7H8O3S/c38-25-28(40)30(42)32(44)34(46)36(48)37(49)35(47)33(45)31(43)29(41)27(39)22-20-18-16-14-12-10-8-6-4-2-1-3-5-7-9-11-13-15-17-19-21-26-23-24-26;1-6-2-4-7(5-3-6)11(8,9)10/h25-26H,1-24H2;2-5H,1H3,(H,8,9,10). The molecular formula is C44H58O15S. The number of carbonyl (C=O) groups is 12. The highest BCUT2D eigenvalue weighted by Gasteiger charge is 2.43. The molecule has 0 saturated heterocycles. The highest BCUT2D eigenvalue weighted by atomic mass is 32.2. The van der Waals surface area contributed by atoms with Crippen molar-refractivity contribution in [1.29, 1.82) is 0 Å². The Labute approximate surface area is 351 Å². The highest BCUT2D eigenvalue weighted by molar-refractivity contribution is 7.85. The average molecular weight is 859 g/mol. The molecule has 1 fully saturated rings. The van der Waals surface area contributed by atoms with Gasteiger partial charge in [0, 0.05) is 6.42 Å². The van der Waals surface area contributed by atoms with E-state index in [0.29, 0.717) is 6.42 Å². The molecule has 2 rings (SSSR count). The Balaban J connectivity index is 0.00000140. The normalized spacial score (nSPS) is 12.0. The van der Waals surface area contributed by atoms with Crippen LogP contribution in [0.25, 0.3) is 0 Å². The van der Waals surface area contributed by atoms with Crippen molar-refractivity contribution >= 4 is 80.0 Å². The van der Waals surface area contributed by atoms with Gasteiger partial charge in [-0.15, -0.1) is 0 Å². The Morgan fingerprint density at radius 3 is 1.10 bits per heavy atom. The highest BCUT2D eigenvalue weighted by Crippen LogP contribution is 2.34. The molecule has 0 amide bonds. The van der Waals surface area contributed by atoms with Crippen LogP contribution in [-0.4, -0.2) is 82.9 Å². The summed E-state index contributed by atoms with van der Waals surface area (Å²) in [5.74, 6) is -23.4. The predicted molar refractivity (Wildman–Crippen MR) is 216 cm³/mol. The molecule has 0 aromatic heterocycles. The molecule has 0 atom stereocenters. The first-order valence-corrected chi connectivity index (χ1v) is 22.3. The lowest BCUT2D eigenvalue weighted by Crippen LogP contribution is -2.44. The molecule has 60 heavy (non-hydrogen) atoms. The summed E-state index contributed by atoms with van der Waals surface area (Å²) < 4.78 is 29.6. The molecule has 1 aliphatic rings. The van der Waals surface area contributed by atoms with Gasteiger partial charge in [-0.3, -0.25) is 62.1 Å². The fourth-order valence-electron chi connectivity index (χ4n) is 6.14. The van der Waals surface area contributed by atoms with Gasteiger partial charge in [-0.05, 0) is 31.4 Å². The Morgan fingerprint density at radius 2 is 0.783 bits per heavy atom. The zero-order chi connectivity index (χ0) is 45.1. The summed E-state index contributed by atoms with van der Waals surface area (Å²) in [4.78, 5) is 138. The van der Waals surface area contributed by atoms with Crippen LogP contribution in [-0.2, 0) is 67.7 Å². The van der Waals surface area contributed by atoms with E-state index < -0.39 is 80.0 Å². The molecule has 1 saturated carbocycles. The number of carbonyl (C=O) groups excluding carboxylic acids is 12. The van der Waals surface area contributed by atoms with Crippen molar-refractivity contribution in [2.45, 2.75) is 166 Å². The molecule has 0 spiro atoms. The topological polar surface area (TPSA) is 259 Å². The van der Waals surface area contributed by atoms with Crippen LogP contribution in [0.5, 0.6) is 0 Å². The maximum absolute atomic E-state index is 12.0. The number of Topliss-reactive ketones (excluding diaryl/α,β-unsaturated/α-hetero) is 11. The number of benzene rings is 1.